The van der Waals surface area contributed by atoms with Crippen molar-refractivity contribution in [3.05, 3.63) is 74.2 Å². The van der Waals surface area contributed by atoms with Gasteiger partial charge < -0.3 is 10.2 Å². The lowest BCUT2D eigenvalue weighted by atomic mass is 10.1. The number of pyridine rings is 1. The van der Waals surface area contributed by atoms with Gasteiger partial charge in [-0.25, -0.2) is 9.78 Å². The second kappa shape index (κ2) is 9.21. The van der Waals surface area contributed by atoms with Crippen LogP contribution in [0.15, 0.2) is 67.1 Å². The summed E-state index contributed by atoms with van der Waals surface area (Å²) in [4.78, 5) is 43.5. The Bertz CT molecular complexity index is 1740. The summed E-state index contributed by atoms with van der Waals surface area (Å²) in [5, 5.41) is 10.5. The molecule has 5 rings (SSSR count). The number of aromatic nitrogens is 5. The Kier molecular flexibility index (Phi) is 6.06. The highest BCUT2D eigenvalue weighted by atomic mass is 32.2. The number of ketones is 1. The number of carbonyl (C=O) groups excluding carboxylic acids is 1. The molecular weight excluding hydrogens is 500 g/mol. The summed E-state index contributed by atoms with van der Waals surface area (Å²) in [6.45, 7) is 1.61. The van der Waals surface area contributed by atoms with E-state index in [9.17, 15) is 14.4 Å². The number of nitrogens with two attached hydrogens (primary N) is 1. The Morgan fingerprint density at radius 2 is 1.89 bits per heavy atom. The number of nitrogen functional groups attached to an aromatic ring is 1. The normalized spacial score (nSPS) is 12.2. The van der Waals surface area contributed by atoms with Gasteiger partial charge in [-0.2, -0.15) is 0 Å². The third-order valence-electron chi connectivity index (χ3n) is 5.73. The van der Waals surface area contributed by atoms with E-state index in [1.165, 1.54) is 14.1 Å². The van der Waals surface area contributed by atoms with Gasteiger partial charge in [-0.05, 0) is 30.5 Å². The van der Waals surface area contributed by atoms with E-state index in [1.54, 1.807) is 18.3 Å². The molecular formula is C24H20N6O4S2. The van der Waals surface area contributed by atoms with Gasteiger partial charge in [0.2, 0.25) is 5.89 Å². The van der Waals surface area contributed by atoms with Crippen LogP contribution in [0.25, 0.3) is 32.9 Å². The molecule has 0 amide bonds. The standard InChI is InChI=1S/C24H20N6O4S2/c1-12(19(31)18-20(25)29(2)24(33)30(3)22(18)32)36-23-28-27-21(34-23)14-11-16(17-9-6-10-35-17)26-15-8-5-4-7-13(14)15/h4-12H,25H2,1-3H3/t12-/m1/s1. The zero-order chi connectivity index (χ0) is 25.6. The topological polar surface area (TPSA) is 139 Å². The number of nitrogens with zero attached hydrogens (tertiary/aromatic N) is 5. The number of para-hydroxylation sites is 1. The summed E-state index contributed by atoms with van der Waals surface area (Å²) in [5.41, 5.74) is 6.63. The fourth-order valence-corrected chi connectivity index (χ4v) is 5.20. The van der Waals surface area contributed by atoms with Crippen LogP contribution in [-0.2, 0) is 14.1 Å². The van der Waals surface area contributed by atoms with Gasteiger partial charge in [0.15, 0.2) is 5.78 Å². The van der Waals surface area contributed by atoms with E-state index < -0.39 is 22.3 Å². The van der Waals surface area contributed by atoms with Crippen molar-refractivity contribution in [3.63, 3.8) is 0 Å². The van der Waals surface area contributed by atoms with Crippen molar-refractivity contribution in [2.75, 3.05) is 5.73 Å². The maximum absolute atomic E-state index is 13.1. The van der Waals surface area contributed by atoms with Crippen molar-refractivity contribution in [2.45, 2.75) is 17.4 Å². The van der Waals surface area contributed by atoms with E-state index >= 15 is 0 Å². The van der Waals surface area contributed by atoms with Crippen molar-refractivity contribution in [3.8, 4) is 22.0 Å². The molecule has 0 bridgehead atoms. The van der Waals surface area contributed by atoms with Gasteiger partial charge in [-0.15, -0.1) is 21.5 Å². The molecule has 5 aromatic rings. The zero-order valence-corrected chi connectivity index (χ0v) is 21.1. The van der Waals surface area contributed by atoms with Gasteiger partial charge in [-0.3, -0.25) is 18.7 Å². The van der Waals surface area contributed by atoms with E-state index in [1.807, 2.05) is 47.8 Å². The van der Waals surface area contributed by atoms with Gasteiger partial charge in [0, 0.05) is 19.5 Å². The highest BCUT2D eigenvalue weighted by Crippen LogP contribution is 2.34. The summed E-state index contributed by atoms with van der Waals surface area (Å²) >= 11 is 2.59. The number of Topliss-reactive ketones (excluding diaryl/α,β-unsaturated/α-hetero) is 1. The first kappa shape index (κ1) is 23.7. The average Bonchev–Trinajstić information content (AvgIpc) is 3.58. The summed E-state index contributed by atoms with van der Waals surface area (Å²) < 4.78 is 7.85. The van der Waals surface area contributed by atoms with E-state index in [-0.39, 0.29) is 22.5 Å². The maximum atomic E-state index is 13.1. The first-order chi connectivity index (χ1) is 17.3. The van der Waals surface area contributed by atoms with Gasteiger partial charge in [0.25, 0.3) is 10.8 Å². The molecule has 1 aromatic carbocycles. The molecule has 2 N–H and O–H groups in total. The molecule has 0 aliphatic heterocycles. The second-order valence-electron chi connectivity index (χ2n) is 8.01. The first-order valence-electron chi connectivity index (χ1n) is 10.8. The lowest BCUT2D eigenvalue weighted by Crippen LogP contribution is -2.42. The van der Waals surface area contributed by atoms with Crippen molar-refractivity contribution < 1.29 is 9.21 Å². The molecule has 4 heterocycles. The van der Waals surface area contributed by atoms with Crippen molar-refractivity contribution in [2.24, 2.45) is 14.1 Å². The molecule has 0 fully saturated rings. The molecule has 0 saturated carbocycles. The largest absolute Gasteiger partial charge is 0.411 e. The van der Waals surface area contributed by atoms with Crippen LogP contribution >= 0.6 is 23.1 Å². The number of hydrogen-bond donors (Lipinski definition) is 1. The lowest BCUT2D eigenvalue weighted by Gasteiger charge is -2.13. The highest BCUT2D eigenvalue weighted by Gasteiger charge is 2.27. The molecule has 1 atom stereocenters. The molecule has 0 aliphatic rings. The van der Waals surface area contributed by atoms with Crippen LogP contribution in [0, 0.1) is 0 Å². The SMILES string of the molecule is C[C@@H](Sc1nnc(-c2cc(-c3cccs3)nc3ccccc23)o1)C(=O)c1c(N)n(C)c(=O)n(C)c1=O. The van der Waals surface area contributed by atoms with Gasteiger partial charge in [-0.1, -0.05) is 36.0 Å². The molecule has 36 heavy (non-hydrogen) atoms. The van der Waals surface area contributed by atoms with Gasteiger partial charge in [0.05, 0.1) is 26.9 Å². The average molecular weight is 521 g/mol. The highest BCUT2D eigenvalue weighted by molar-refractivity contribution is 8.00. The second-order valence-corrected chi connectivity index (χ2v) is 10.3. The van der Waals surface area contributed by atoms with E-state index in [0.29, 0.717) is 0 Å². The fraction of sp³-hybridized carbons (Fsp3) is 0.167. The maximum Gasteiger partial charge on any atom is 0.332 e. The van der Waals surface area contributed by atoms with E-state index in [4.69, 9.17) is 15.1 Å². The molecule has 0 spiro atoms. The van der Waals surface area contributed by atoms with Crippen LogP contribution in [0.5, 0.6) is 0 Å². The monoisotopic (exact) mass is 520 g/mol. The molecule has 182 valence electrons. The summed E-state index contributed by atoms with van der Waals surface area (Å²) in [6, 6.07) is 13.5. The summed E-state index contributed by atoms with van der Waals surface area (Å²) in [7, 11) is 2.70. The zero-order valence-electron chi connectivity index (χ0n) is 19.5. The van der Waals surface area contributed by atoms with Crippen LogP contribution in [0.4, 0.5) is 5.82 Å². The Balaban J connectivity index is 1.48. The Hall–Kier alpha value is -4.03. The predicted molar refractivity (Wildman–Crippen MR) is 139 cm³/mol. The van der Waals surface area contributed by atoms with E-state index in [2.05, 4.69) is 10.2 Å². The minimum Gasteiger partial charge on any atom is -0.411 e. The third kappa shape index (κ3) is 4.03. The van der Waals surface area contributed by atoms with Crippen molar-refractivity contribution in [1.82, 2.24) is 24.3 Å². The lowest BCUT2D eigenvalue weighted by molar-refractivity contribution is 0.0991. The molecule has 12 heteroatoms. The molecule has 4 aromatic heterocycles. The predicted octanol–water partition coefficient (Wildman–Crippen LogP) is 3.36. The van der Waals surface area contributed by atoms with Crippen LogP contribution in [-0.4, -0.2) is 35.3 Å². The van der Waals surface area contributed by atoms with Crippen molar-refractivity contribution in [1.29, 1.82) is 0 Å². The van der Waals surface area contributed by atoms with Crippen LogP contribution < -0.4 is 17.0 Å². The minimum atomic E-state index is -0.776. The van der Waals surface area contributed by atoms with Crippen LogP contribution in [0.1, 0.15) is 17.3 Å². The number of anilines is 1. The Morgan fingerprint density at radius 3 is 2.64 bits per heavy atom. The van der Waals surface area contributed by atoms with Crippen LogP contribution in [0.2, 0.25) is 0 Å². The molecule has 0 aliphatic carbocycles. The Morgan fingerprint density at radius 1 is 1.11 bits per heavy atom. The number of carbonyl (C=O) groups is 1. The smallest absolute Gasteiger partial charge is 0.332 e. The van der Waals surface area contributed by atoms with Gasteiger partial charge >= 0.3 is 5.69 Å². The number of thioether (sulfide) groups is 1. The van der Waals surface area contributed by atoms with E-state index in [0.717, 1.165) is 47.9 Å². The summed E-state index contributed by atoms with van der Waals surface area (Å²) in [5.74, 6) is -0.440. The van der Waals surface area contributed by atoms with Gasteiger partial charge in [0.1, 0.15) is 11.4 Å². The first-order valence-corrected chi connectivity index (χ1v) is 12.6. The molecule has 10 nitrogen and oxygen atoms in total. The van der Waals surface area contributed by atoms with Crippen LogP contribution in [0.3, 0.4) is 0 Å². The molecule has 0 unspecified atom stereocenters. The number of rotatable bonds is 6. The molecule has 0 saturated heterocycles. The number of hydrogen-bond acceptors (Lipinski definition) is 10. The minimum absolute atomic E-state index is 0.157. The quantitative estimate of drug-likeness (QED) is 0.264. The number of fused-ring (bicyclic) bond motifs is 1. The Labute approximate surface area is 212 Å². The summed E-state index contributed by atoms with van der Waals surface area (Å²) in [6.07, 6.45) is 0. The number of benzene rings is 1. The van der Waals surface area contributed by atoms with Crippen molar-refractivity contribution >= 4 is 45.6 Å². The molecule has 0 radical (unpaired) electrons. The number of thiophene rings is 1. The fourth-order valence-electron chi connectivity index (χ4n) is 3.77. The third-order valence-corrected chi connectivity index (χ3v) is 7.56.